The maximum Gasteiger partial charge on any atom is 0.324 e. The molecule has 2 fully saturated rings. The van der Waals surface area contributed by atoms with E-state index in [1.165, 1.54) is 6.92 Å². The molecule has 0 N–H and O–H groups in total. The van der Waals surface area contributed by atoms with E-state index in [0.717, 1.165) is 4.90 Å². The second-order valence-corrected chi connectivity index (χ2v) is 4.14. The zero-order valence-electron chi connectivity index (χ0n) is 9.17. The fourth-order valence-corrected chi connectivity index (χ4v) is 2.04. The minimum atomic E-state index is -3.27. The van der Waals surface area contributed by atoms with Crippen molar-refractivity contribution in [2.75, 3.05) is 26.3 Å². The molecular formula is C10H15F2NO3. The topological polar surface area (TPSA) is 38.8 Å². The van der Waals surface area contributed by atoms with Crippen LogP contribution in [0.1, 0.15) is 19.8 Å². The number of alkyl halides is 2. The summed E-state index contributed by atoms with van der Waals surface area (Å²) in [7, 11) is 0. The first-order valence-corrected chi connectivity index (χ1v) is 5.44. The van der Waals surface area contributed by atoms with Crippen molar-refractivity contribution in [1.29, 1.82) is 0 Å². The zero-order chi connectivity index (χ0) is 11.8. The molecule has 1 spiro atoms. The minimum Gasteiger partial charge on any atom is -0.346 e. The molecule has 0 atom stereocenters. The van der Waals surface area contributed by atoms with Crippen molar-refractivity contribution >= 4 is 5.91 Å². The number of ether oxygens (including phenoxy) is 2. The van der Waals surface area contributed by atoms with Gasteiger partial charge in [0.2, 0.25) is 0 Å². The van der Waals surface area contributed by atoms with E-state index in [4.69, 9.17) is 9.47 Å². The largest absolute Gasteiger partial charge is 0.346 e. The van der Waals surface area contributed by atoms with Crippen LogP contribution in [0.2, 0.25) is 0 Å². The van der Waals surface area contributed by atoms with Gasteiger partial charge in [0, 0.05) is 19.4 Å². The Balaban J connectivity index is 2.01. The summed E-state index contributed by atoms with van der Waals surface area (Å²) in [6.07, 6.45) is -0.00438. The number of carbonyl (C=O) groups excluding carboxylic acids is 1. The van der Waals surface area contributed by atoms with Gasteiger partial charge in [0.15, 0.2) is 5.79 Å². The molecule has 0 aromatic heterocycles. The number of hydrogen-bond donors (Lipinski definition) is 0. The Bertz CT molecular complexity index is 290. The van der Waals surface area contributed by atoms with Gasteiger partial charge in [0.1, 0.15) is 0 Å². The summed E-state index contributed by atoms with van der Waals surface area (Å²) in [4.78, 5) is 12.6. The smallest absolute Gasteiger partial charge is 0.324 e. The average Bonchev–Trinajstić information content (AvgIpc) is 2.89. The van der Waals surface area contributed by atoms with Crippen LogP contribution in [0, 0.1) is 0 Å². The lowest BCUT2D eigenvalue weighted by Crippen LogP contribution is -2.44. The van der Waals surface area contributed by atoms with Gasteiger partial charge in [0.25, 0.3) is 5.91 Å². The van der Waals surface area contributed by atoms with Gasteiger partial charge in [-0.15, -0.1) is 0 Å². The van der Waals surface area contributed by atoms with Crippen molar-refractivity contribution in [2.45, 2.75) is 31.5 Å². The van der Waals surface area contributed by atoms with Gasteiger partial charge in [-0.1, -0.05) is 6.92 Å². The van der Waals surface area contributed by atoms with Gasteiger partial charge in [-0.3, -0.25) is 4.79 Å². The van der Waals surface area contributed by atoms with Crippen LogP contribution in [-0.2, 0) is 14.3 Å². The molecular weight excluding hydrogens is 220 g/mol. The Kier molecular flexibility index (Phi) is 2.88. The van der Waals surface area contributed by atoms with Crippen LogP contribution in [-0.4, -0.2) is 48.8 Å². The maximum absolute atomic E-state index is 13.2. The van der Waals surface area contributed by atoms with Crippen LogP contribution in [0.3, 0.4) is 0 Å². The van der Waals surface area contributed by atoms with Gasteiger partial charge in [0.05, 0.1) is 19.8 Å². The minimum absolute atomic E-state index is 0.113. The molecule has 1 amide bonds. The van der Waals surface area contributed by atoms with Crippen LogP contribution in [0.4, 0.5) is 8.78 Å². The summed E-state index contributed by atoms with van der Waals surface area (Å²) in [6, 6.07) is 0. The van der Waals surface area contributed by atoms with E-state index < -0.39 is 24.0 Å². The van der Waals surface area contributed by atoms with Crippen molar-refractivity contribution in [3.63, 3.8) is 0 Å². The third kappa shape index (κ3) is 1.91. The molecule has 0 bridgehead atoms. The lowest BCUT2D eigenvalue weighted by molar-refractivity contribution is -0.166. The molecule has 0 aliphatic carbocycles. The third-order valence-electron chi connectivity index (χ3n) is 3.05. The second-order valence-electron chi connectivity index (χ2n) is 4.14. The SMILES string of the molecule is CCC(F)(F)C(=O)N1CCC2(C1)OCCO2. The molecule has 2 saturated heterocycles. The Morgan fingerprint density at radius 3 is 2.62 bits per heavy atom. The number of carbonyl (C=O) groups is 1. The molecule has 0 saturated carbocycles. The van der Waals surface area contributed by atoms with Crippen molar-refractivity contribution in [3.8, 4) is 0 Å². The number of halogens is 2. The molecule has 0 unspecified atom stereocenters. The number of hydrogen-bond acceptors (Lipinski definition) is 3. The Morgan fingerprint density at radius 1 is 1.44 bits per heavy atom. The number of amides is 1. The highest BCUT2D eigenvalue weighted by molar-refractivity contribution is 5.83. The van der Waals surface area contributed by atoms with Gasteiger partial charge in [-0.05, 0) is 0 Å². The van der Waals surface area contributed by atoms with Gasteiger partial charge in [-0.2, -0.15) is 8.78 Å². The summed E-state index contributed by atoms with van der Waals surface area (Å²) in [6.45, 7) is 2.61. The summed E-state index contributed by atoms with van der Waals surface area (Å²) < 4.78 is 37.1. The molecule has 2 aliphatic rings. The number of likely N-dealkylation sites (tertiary alicyclic amines) is 1. The monoisotopic (exact) mass is 235 g/mol. The first kappa shape index (κ1) is 11.7. The zero-order valence-corrected chi connectivity index (χ0v) is 9.17. The molecule has 92 valence electrons. The highest BCUT2D eigenvalue weighted by atomic mass is 19.3. The summed E-state index contributed by atoms with van der Waals surface area (Å²) in [5, 5.41) is 0. The van der Waals surface area contributed by atoms with Crippen LogP contribution in [0.5, 0.6) is 0 Å². The predicted octanol–water partition coefficient (Wildman–Crippen LogP) is 1.01. The molecule has 2 aliphatic heterocycles. The standard InChI is InChI=1S/C10H15F2NO3/c1-2-10(11,12)8(14)13-4-3-9(7-13)15-5-6-16-9/h2-7H2,1H3. The number of nitrogens with zero attached hydrogens (tertiary/aromatic N) is 1. The van der Waals surface area contributed by atoms with Crippen molar-refractivity contribution in [3.05, 3.63) is 0 Å². The quantitative estimate of drug-likeness (QED) is 0.717. The third-order valence-corrected chi connectivity index (χ3v) is 3.05. The summed E-state index contributed by atoms with van der Waals surface area (Å²) in [5.41, 5.74) is 0. The van der Waals surface area contributed by atoms with E-state index in [2.05, 4.69) is 0 Å². The normalized spacial score (nSPS) is 24.3. The van der Waals surface area contributed by atoms with Gasteiger partial charge >= 0.3 is 5.92 Å². The lowest BCUT2D eigenvalue weighted by Gasteiger charge is -2.24. The molecule has 2 heterocycles. The van der Waals surface area contributed by atoms with Crippen molar-refractivity contribution < 1.29 is 23.0 Å². The van der Waals surface area contributed by atoms with E-state index >= 15 is 0 Å². The van der Waals surface area contributed by atoms with E-state index in [0.29, 0.717) is 19.6 Å². The van der Waals surface area contributed by atoms with Crippen LogP contribution < -0.4 is 0 Å². The second kappa shape index (κ2) is 3.92. The van der Waals surface area contributed by atoms with Crippen molar-refractivity contribution in [2.24, 2.45) is 0 Å². The van der Waals surface area contributed by atoms with E-state index in [1.807, 2.05) is 0 Å². The Hall–Kier alpha value is -0.750. The molecule has 2 rings (SSSR count). The molecule has 0 aromatic carbocycles. The fourth-order valence-electron chi connectivity index (χ4n) is 2.04. The maximum atomic E-state index is 13.2. The fraction of sp³-hybridized carbons (Fsp3) is 0.900. The van der Waals surface area contributed by atoms with Gasteiger partial charge in [-0.25, -0.2) is 0 Å². The van der Waals surface area contributed by atoms with Crippen LogP contribution in [0.15, 0.2) is 0 Å². The Labute approximate surface area is 92.5 Å². The van der Waals surface area contributed by atoms with E-state index in [-0.39, 0.29) is 13.1 Å². The lowest BCUT2D eigenvalue weighted by atomic mass is 10.2. The summed E-state index contributed by atoms with van der Waals surface area (Å²) in [5.74, 6) is -5.21. The summed E-state index contributed by atoms with van der Waals surface area (Å²) >= 11 is 0. The highest BCUT2D eigenvalue weighted by Gasteiger charge is 2.49. The van der Waals surface area contributed by atoms with E-state index in [1.54, 1.807) is 0 Å². The van der Waals surface area contributed by atoms with Crippen LogP contribution in [0.25, 0.3) is 0 Å². The molecule has 4 nitrogen and oxygen atoms in total. The highest BCUT2D eigenvalue weighted by Crippen LogP contribution is 2.33. The average molecular weight is 235 g/mol. The van der Waals surface area contributed by atoms with Gasteiger partial charge < -0.3 is 14.4 Å². The van der Waals surface area contributed by atoms with Crippen LogP contribution >= 0.6 is 0 Å². The molecule has 6 heteroatoms. The van der Waals surface area contributed by atoms with Crippen molar-refractivity contribution in [1.82, 2.24) is 4.90 Å². The molecule has 16 heavy (non-hydrogen) atoms. The molecule has 0 radical (unpaired) electrons. The van der Waals surface area contributed by atoms with E-state index in [9.17, 15) is 13.6 Å². The first-order valence-electron chi connectivity index (χ1n) is 5.44. The first-order chi connectivity index (χ1) is 7.49. The number of rotatable bonds is 2. The predicted molar refractivity (Wildman–Crippen MR) is 51.1 cm³/mol. The Morgan fingerprint density at radius 2 is 2.06 bits per heavy atom. The molecule has 0 aromatic rings.